The van der Waals surface area contributed by atoms with Crippen LogP contribution in [0, 0.1) is 0 Å². The Labute approximate surface area is 89.2 Å². The second kappa shape index (κ2) is 5.26. The molecule has 80 valence electrons. The Kier molecular flexibility index (Phi) is 4.00. The van der Waals surface area contributed by atoms with Crippen molar-refractivity contribution >= 4 is 5.91 Å². The smallest absolute Gasteiger partial charge is 0.251 e. The van der Waals surface area contributed by atoms with E-state index in [4.69, 9.17) is 5.73 Å². The number of carbonyl (C=O) groups is 1. The number of carbonyl (C=O) groups excluding carboxylic acids is 1. The van der Waals surface area contributed by atoms with Gasteiger partial charge in [0.25, 0.3) is 5.91 Å². The molecule has 4 nitrogen and oxygen atoms in total. The lowest BCUT2D eigenvalue weighted by molar-refractivity contribution is 0.0947. The zero-order valence-corrected chi connectivity index (χ0v) is 8.73. The van der Waals surface area contributed by atoms with Crippen LogP contribution >= 0.6 is 0 Å². The van der Waals surface area contributed by atoms with Gasteiger partial charge in [-0.05, 0) is 19.1 Å². The molecule has 0 saturated carbocycles. The van der Waals surface area contributed by atoms with Crippen LogP contribution in [-0.4, -0.2) is 16.9 Å². The third-order valence-corrected chi connectivity index (χ3v) is 2.00. The zero-order valence-electron chi connectivity index (χ0n) is 8.73. The minimum atomic E-state index is -0.139. The summed E-state index contributed by atoms with van der Waals surface area (Å²) in [4.78, 5) is 15.7. The fourth-order valence-electron chi connectivity index (χ4n) is 1.08. The minimum Gasteiger partial charge on any atom is -0.346 e. The molecule has 4 heteroatoms. The van der Waals surface area contributed by atoms with Crippen molar-refractivity contribution in [2.24, 2.45) is 5.73 Å². The monoisotopic (exact) mass is 205 g/mol. The second-order valence-corrected chi connectivity index (χ2v) is 3.24. The normalized spacial score (nSPS) is 11.9. The van der Waals surface area contributed by atoms with E-state index >= 15 is 0 Å². The molecule has 0 aromatic carbocycles. The van der Waals surface area contributed by atoms with Gasteiger partial charge in [0, 0.05) is 24.3 Å². The van der Waals surface area contributed by atoms with Crippen molar-refractivity contribution in [3.63, 3.8) is 0 Å². The molecule has 0 aliphatic carbocycles. The third kappa shape index (κ3) is 3.18. The van der Waals surface area contributed by atoms with E-state index in [-0.39, 0.29) is 11.9 Å². The molecular formula is C11H15N3O. The van der Waals surface area contributed by atoms with Gasteiger partial charge < -0.3 is 11.1 Å². The van der Waals surface area contributed by atoms with Gasteiger partial charge in [-0.15, -0.1) is 6.58 Å². The number of aromatic nitrogens is 1. The van der Waals surface area contributed by atoms with Crippen LogP contribution in [0.1, 0.15) is 23.0 Å². The SMILES string of the molecule is C=CC(C)NC(=O)c1ccnc(CN)c1. The first-order valence-electron chi connectivity index (χ1n) is 4.75. The van der Waals surface area contributed by atoms with Crippen molar-refractivity contribution in [1.82, 2.24) is 10.3 Å². The standard InChI is InChI=1S/C11H15N3O/c1-3-8(2)14-11(15)9-4-5-13-10(6-9)7-12/h3-6,8H,1,7,12H2,2H3,(H,14,15). The van der Waals surface area contributed by atoms with Crippen LogP contribution in [0.25, 0.3) is 0 Å². The van der Waals surface area contributed by atoms with Crippen molar-refractivity contribution < 1.29 is 4.79 Å². The Morgan fingerprint density at radius 3 is 3.13 bits per heavy atom. The number of hydrogen-bond donors (Lipinski definition) is 2. The first kappa shape index (κ1) is 11.4. The summed E-state index contributed by atoms with van der Waals surface area (Å²) in [5.74, 6) is -0.139. The van der Waals surface area contributed by atoms with Crippen molar-refractivity contribution in [1.29, 1.82) is 0 Å². The lowest BCUT2D eigenvalue weighted by Crippen LogP contribution is -2.30. The van der Waals surface area contributed by atoms with E-state index in [1.807, 2.05) is 6.92 Å². The Bertz CT molecular complexity index is 363. The molecule has 0 bridgehead atoms. The van der Waals surface area contributed by atoms with E-state index < -0.39 is 0 Å². The summed E-state index contributed by atoms with van der Waals surface area (Å²) >= 11 is 0. The average molecular weight is 205 g/mol. The van der Waals surface area contributed by atoms with Crippen molar-refractivity contribution in [3.8, 4) is 0 Å². The molecular weight excluding hydrogens is 190 g/mol. The summed E-state index contributed by atoms with van der Waals surface area (Å²) in [5.41, 5.74) is 6.71. The maximum atomic E-state index is 11.7. The van der Waals surface area contributed by atoms with Crippen LogP contribution in [0.5, 0.6) is 0 Å². The fourth-order valence-corrected chi connectivity index (χ4v) is 1.08. The highest BCUT2D eigenvalue weighted by molar-refractivity contribution is 5.94. The van der Waals surface area contributed by atoms with Crippen molar-refractivity contribution in [2.45, 2.75) is 19.5 Å². The zero-order chi connectivity index (χ0) is 11.3. The van der Waals surface area contributed by atoms with E-state index in [0.717, 1.165) is 0 Å². The van der Waals surface area contributed by atoms with Crippen LogP contribution in [0.2, 0.25) is 0 Å². The van der Waals surface area contributed by atoms with Gasteiger partial charge in [-0.1, -0.05) is 6.08 Å². The Morgan fingerprint density at radius 1 is 1.80 bits per heavy atom. The summed E-state index contributed by atoms with van der Waals surface area (Å²) in [6.45, 7) is 5.78. The highest BCUT2D eigenvalue weighted by atomic mass is 16.1. The molecule has 0 aliphatic rings. The molecule has 1 amide bonds. The summed E-state index contributed by atoms with van der Waals surface area (Å²) in [5, 5.41) is 2.77. The number of amides is 1. The number of hydrogen-bond acceptors (Lipinski definition) is 3. The number of pyridine rings is 1. The van der Waals surface area contributed by atoms with Crippen LogP contribution < -0.4 is 11.1 Å². The third-order valence-electron chi connectivity index (χ3n) is 2.00. The molecule has 3 N–H and O–H groups in total. The summed E-state index contributed by atoms with van der Waals surface area (Å²) in [6, 6.07) is 3.29. The molecule has 1 unspecified atom stereocenters. The van der Waals surface area contributed by atoms with E-state index in [0.29, 0.717) is 17.8 Å². The molecule has 1 atom stereocenters. The summed E-state index contributed by atoms with van der Waals surface area (Å²) < 4.78 is 0. The minimum absolute atomic E-state index is 0.0491. The first-order chi connectivity index (χ1) is 7.17. The highest BCUT2D eigenvalue weighted by Gasteiger charge is 2.07. The Morgan fingerprint density at radius 2 is 2.53 bits per heavy atom. The number of rotatable bonds is 4. The van der Waals surface area contributed by atoms with Crippen LogP contribution in [0.3, 0.4) is 0 Å². The van der Waals surface area contributed by atoms with Gasteiger partial charge in [0.1, 0.15) is 0 Å². The number of nitrogens with zero attached hydrogens (tertiary/aromatic N) is 1. The molecule has 0 aliphatic heterocycles. The van der Waals surface area contributed by atoms with Gasteiger partial charge in [0.05, 0.1) is 5.69 Å². The van der Waals surface area contributed by atoms with Gasteiger partial charge in [-0.25, -0.2) is 0 Å². The van der Waals surface area contributed by atoms with E-state index in [1.165, 1.54) is 0 Å². The summed E-state index contributed by atoms with van der Waals surface area (Å²) in [6.07, 6.45) is 3.25. The van der Waals surface area contributed by atoms with Gasteiger partial charge in [0.2, 0.25) is 0 Å². The lowest BCUT2D eigenvalue weighted by Gasteiger charge is -2.09. The predicted octanol–water partition coefficient (Wildman–Crippen LogP) is 0.845. The summed E-state index contributed by atoms with van der Waals surface area (Å²) in [7, 11) is 0. The maximum absolute atomic E-state index is 11.7. The molecule has 1 aromatic heterocycles. The molecule has 0 radical (unpaired) electrons. The largest absolute Gasteiger partial charge is 0.346 e. The van der Waals surface area contributed by atoms with Gasteiger partial charge in [0.15, 0.2) is 0 Å². The van der Waals surface area contributed by atoms with Gasteiger partial charge in [-0.3, -0.25) is 9.78 Å². The van der Waals surface area contributed by atoms with Gasteiger partial charge >= 0.3 is 0 Å². The molecule has 0 saturated heterocycles. The topological polar surface area (TPSA) is 68.0 Å². The first-order valence-corrected chi connectivity index (χ1v) is 4.75. The second-order valence-electron chi connectivity index (χ2n) is 3.24. The Hall–Kier alpha value is -1.68. The number of nitrogens with two attached hydrogens (primary N) is 1. The molecule has 1 heterocycles. The van der Waals surface area contributed by atoms with E-state index in [1.54, 1.807) is 24.4 Å². The lowest BCUT2D eigenvalue weighted by atomic mass is 10.2. The average Bonchev–Trinajstić information content (AvgIpc) is 2.28. The molecule has 1 rings (SSSR count). The van der Waals surface area contributed by atoms with Crippen LogP contribution in [0.4, 0.5) is 0 Å². The number of nitrogens with one attached hydrogen (secondary N) is 1. The molecule has 1 aromatic rings. The fraction of sp³-hybridized carbons (Fsp3) is 0.273. The van der Waals surface area contributed by atoms with E-state index in [9.17, 15) is 4.79 Å². The van der Waals surface area contributed by atoms with E-state index in [2.05, 4.69) is 16.9 Å². The van der Waals surface area contributed by atoms with Crippen molar-refractivity contribution in [3.05, 3.63) is 42.2 Å². The quantitative estimate of drug-likeness (QED) is 0.716. The highest BCUT2D eigenvalue weighted by Crippen LogP contribution is 2.01. The maximum Gasteiger partial charge on any atom is 0.251 e. The van der Waals surface area contributed by atoms with Crippen molar-refractivity contribution in [2.75, 3.05) is 0 Å². The molecule has 15 heavy (non-hydrogen) atoms. The van der Waals surface area contributed by atoms with Gasteiger partial charge in [-0.2, -0.15) is 0 Å². The van der Waals surface area contributed by atoms with Crippen LogP contribution in [-0.2, 0) is 6.54 Å². The molecule has 0 spiro atoms. The predicted molar refractivity (Wildman–Crippen MR) is 59.3 cm³/mol. The Balaban J connectivity index is 2.77. The van der Waals surface area contributed by atoms with Crippen LogP contribution in [0.15, 0.2) is 31.0 Å². The molecule has 0 fully saturated rings.